The first-order valence-electron chi connectivity index (χ1n) is 5.30. The molecule has 1 heterocycles. The van der Waals surface area contributed by atoms with Crippen molar-refractivity contribution >= 4 is 17.7 Å². The number of hydrogen-bond acceptors (Lipinski definition) is 5. The Labute approximate surface area is 104 Å². The van der Waals surface area contributed by atoms with Gasteiger partial charge < -0.3 is 10.5 Å². The van der Waals surface area contributed by atoms with E-state index in [0.29, 0.717) is 0 Å². The van der Waals surface area contributed by atoms with Gasteiger partial charge >= 0.3 is 6.09 Å². The third-order valence-corrected chi connectivity index (χ3v) is 2.16. The summed E-state index contributed by atoms with van der Waals surface area (Å²) in [5.41, 5.74) is 6.43. The predicted molar refractivity (Wildman–Crippen MR) is 66.7 cm³/mol. The van der Waals surface area contributed by atoms with E-state index >= 15 is 0 Å². The lowest BCUT2D eigenvalue weighted by molar-refractivity contribution is 0.155. The minimum absolute atomic E-state index is 0.147. The maximum atomic E-state index is 11.5. The fraction of sp³-hybridized carbons (Fsp3) is 0.0833. The Morgan fingerprint density at radius 1 is 1.22 bits per heavy atom. The number of nitrogens with two attached hydrogens (primary N) is 1. The van der Waals surface area contributed by atoms with Crippen LogP contribution in [0.25, 0.3) is 0 Å². The van der Waals surface area contributed by atoms with Gasteiger partial charge in [-0.25, -0.2) is 14.8 Å². The number of aromatic nitrogens is 2. The average molecular weight is 244 g/mol. The number of nitrogens with zero attached hydrogens (tertiary/aromatic N) is 2. The molecular weight excluding hydrogens is 232 g/mol. The quantitative estimate of drug-likeness (QED) is 0.859. The summed E-state index contributed by atoms with van der Waals surface area (Å²) in [5.74, 6) is 0.338. The zero-order chi connectivity index (χ0) is 12.8. The van der Waals surface area contributed by atoms with Gasteiger partial charge in [0.05, 0.1) is 0 Å². The molecule has 3 N–H and O–H groups in total. The highest BCUT2D eigenvalue weighted by molar-refractivity contribution is 5.86. The van der Waals surface area contributed by atoms with Gasteiger partial charge in [-0.15, -0.1) is 0 Å². The smallest absolute Gasteiger partial charge is 0.413 e. The van der Waals surface area contributed by atoms with Gasteiger partial charge in [0, 0.05) is 12.4 Å². The van der Waals surface area contributed by atoms with E-state index in [-0.39, 0.29) is 18.2 Å². The van der Waals surface area contributed by atoms with Crippen LogP contribution in [0.5, 0.6) is 0 Å². The van der Waals surface area contributed by atoms with E-state index in [4.69, 9.17) is 10.5 Å². The van der Waals surface area contributed by atoms with E-state index in [2.05, 4.69) is 15.3 Å². The van der Waals surface area contributed by atoms with Crippen LogP contribution in [-0.2, 0) is 11.3 Å². The fourth-order valence-electron chi connectivity index (χ4n) is 1.30. The molecule has 0 aliphatic heterocycles. The average Bonchev–Trinajstić information content (AvgIpc) is 2.40. The molecule has 0 radical (unpaired) electrons. The van der Waals surface area contributed by atoms with Gasteiger partial charge in [0.15, 0.2) is 11.6 Å². The van der Waals surface area contributed by atoms with Crippen molar-refractivity contribution in [3.8, 4) is 0 Å². The molecule has 18 heavy (non-hydrogen) atoms. The SMILES string of the molecule is Nc1nccnc1NC(=O)OCc1ccccc1. The maximum Gasteiger partial charge on any atom is 0.413 e. The highest BCUT2D eigenvalue weighted by Gasteiger charge is 2.07. The molecular formula is C12H12N4O2. The zero-order valence-electron chi connectivity index (χ0n) is 9.54. The molecule has 92 valence electrons. The summed E-state index contributed by atoms with van der Waals surface area (Å²) in [7, 11) is 0. The first kappa shape index (κ1) is 11.8. The van der Waals surface area contributed by atoms with Crippen molar-refractivity contribution in [1.29, 1.82) is 0 Å². The minimum Gasteiger partial charge on any atom is -0.444 e. The van der Waals surface area contributed by atoms with Gasteiger partial charge in [-0.1, -0.05) is 30.3 Å². The lowest BCUT2D eigenvalue weighted by Crippen LogP contribution is -2.16. The number of anilines is 2. The number of ether oxygens (including phenoxy) is 1. The zero-order valence-corrected chi connectivity index (χ0v) is 9.54. The Bertz CT molecular complexity index is 531. The highest BCUT2D eigenvalue weighted by atomic mass is 16.5. The summed E-state index contributed by atoms with van der Waals surface area (Å²) in [6.07, 6.45) is 2.25. The van der Waals surface area contributed by atoms with Crippen LogP contribution in [0.2, 0.25) is 0 Å². The molecule has 0 unspecified atom stereocenters. The second kappa shape index (κ2) is 5.62. The van der Waals surface area contributed by atoms with Crippen LogP contribution < -0.4 is 11.1 Å². The fourth-order valence-corrected chi connectivity index (χ4v) is 1.30. The van der Waals surface area contributed by atoms with E-state index in [0.717, 1.165) is 5.56 Å². The Morgan fingerprint density at radius 2 is 1.94 bits per heavy atom. The number of benzene rings is 1. The molecule has 1 amide bonds. The molecule has 0 aliphatic carbocycles. The molecule has 2 aromatic rings. The van der Waals surface area contributed by atoms with Crippen LogP contribution >= 0.6 is 0 Å². The third kappa shape index (κ3) is 3.18. The van der Waals surface area contributed by atoms with Crippen molar-refractivity contribution in [2.45, 2.75) is 6.61 Å². The van der Waals surface area contributed by atoms with Crippen LogP contribution in [0, 0.1) is 0 Å². The second-order valence-electron chi connectivity index (χ2n) is 3.48. The van der Waals surface area contributed by atoms with Crippen LogP contribution in [0.3, 0.4) is 0 Å². The molecule has 0 atom stereocenters. The number of carbonyl (C=O) groups excluding carboxylic acids is 1. The van der Waals surface area contributed by atoms with E-state index in [9.17, 15) is 4.79 Å². The summed E-state index contributed by atoms with van der Waals surface area (Å²) in [6, 6.07) is 9.37. The number of amides is 1. The lowest BCUT2D eigenvalue weighted by atomic mass is 10.2. The van der Waals surface area contributed by atoms with Crippen molar-refractivity contribution in [3.05, 3.63) is 48.3 Å². The van der Waals surface area contributed by atoms with E-state index in [1.807, 2.05) is 30.3 Å². The van der Waals surface area contributed by atoms with Gasteiger partial charge in [0.1, 0.15) is 6.61 Å². The third-order valence-electron chi connectivity index (χ3n) is 2.16. The summed E-state index contributed by atoms with van der Waals surface area (Å²) in [6.45, 7) is 0.187. The minimum atomic E-state index is -0.619. The molecule has 1 aromatic carbocycles. The Balaban J connectivity index is 1.88. The molecule has 1 aromatic heterocycles. The van der Waals surface area contributed by atoms with Gasteiger partial charge in [0.2, 0.25) is 0 Å². The molecule has 6 heteroatoms. The van der Waals surface area contributed by atoms with Gasteiger partial charge in [-0.3, -0.25) is 5.32 Å². The van der Waals surface area contributed by atoms with Crippen molar-refractivity contribution in [1.82, 2.24) is 9.97 Å². The summed E-state index contributed by atoms with van der Waals surface area (Å²) < 4.78 is 5.01. The molecule has 0 bridgehead atoms. The second-order valence-corrected chi connectivity index (χ2v) is 3.48. The summed E-state index contributed by atoms with van der Waals surface area (Å²) >= 11 is 0. The molecule has 0 saturated carbocycles. The summed E-state index contributed by atoms with van der Waals surface area (Å²) in [4.78, 5) is 19.2. The van der Waals surface area contributed by atoms with Gasteiger partial charge in [0.25, 0.3) is 0 Å². The lowest BCUT2D eigenvalue weighted by Gasteiger charge is -2.07. The topological polar surface area (TPSA) is 90.1 Å². The van der Waals surface area contributed by atoms with E-state index in [1.165, 1.54) is 12.4 Å². The molecule has 0 aliphatic rings. The molecule has 0 fully saturated rings. The van der Waals surface area contributed by atoms with Crippen LogP contribution in [-0.4, -0.2) is 16.1 Å². The monoisotopic (exact) mass is 244 g/mol. The van der Waals surface area contributed by atoms with Crippen LogP contribution in [0.1, 0.15) is 5.56 Å². The van der Waals surface area contributed by atoms with Gasteiger partial charge in [-0.05, 0) is 5.56 Å². The van der Waals surface area contributed by atoms with Crippen LogP contribution in [0.15, 0.2) is 42.7 Å². The number of nitrogens with one attached hydrogen (secondary N) is 1. The molecule has 0 spiro atoms. The number of rotatable bonds is 3. The van der Waals surface area contributed by atoms with E-state index in [1.54, 1.807) is 0 Å². The van der Waals surface area contributed by atoms with Crippen LogP contribution in [0.4, 0.5) is 16.4 Å². The number of nitrogen functional groups attached to an aromatic ring is 1. The number of hydrogen-bond donors (Lipinski definition) is 2. The first-order chi connectivity index (χ1) is 8.75. The molecule has 2 rings (SSSR count). The molecule has 6 nitrogen and oxygen atoms in total. The Kier molecular flexibility index (Phi) is 3.70. The number of carbonyl (C=O) groups is 1. The van der Waals surface area contributed by atoms with Gasteiger partial charge in [-0.2, -0.15) is 0 Å². The Morgan fingerprint density at radius 3 is 2.67 bits per heavy atom. The standard InChI is InChI=1S/C12H12N4O2/c13-10-11(15-7-6-14-10)16-12(17)18-8-9-4-2-1-3-5-9/h1-7H,8H2,(H2,13,14)(H,15,16,17). The highest BCUT2D eigenvalue weighted by Crippen LogP contribution is 2.10. The van der Waals surface area contributed by atoms with E-state index < -0.39 is 6.09 Å². The molecule has 0 saturated heterocycles. The van der Waals surface area contributed by atoms with Crippen molar-refractivity contribution in [3.63, 3.8) is 0 Å². The predicted octanol–water partition coefficient (Wildman–Crippen LogP) is 1.81. The van der Waals surface area contributed by atoms with Crippen molar-refractivity contribution in [2.24, 2.45) is 0 Å². The normalized spacial score (nSPS) is 9.78. The van der Waals surface area contributed by atoms with Crippen molar-refractivity contribution in [2.75, 3.05) is 11.1 Å². The Hall–Kier alpha value is -2.63. The first-order valence-corrected chi connectivity index (χ1v) is 5.30. The largest absolute Gasteiger partial charge is 0.444 e. The summed E-state index contributed by atoms with van der Waals surface area (Å²) in [5, 5.41) is 2.42. The van der Waals surface area contributed by atoms with Crippen molar-refractivity contribution < 1.29 is 9.53 Å². The maximum absolute atomic E-state index is 11.5.